The molecule has 2 N–H and O–H groups in total. The molecule has 0 saturated heterocycles. The Kier molecular flexibility index (Phi) is 2.79. The van der Waals surface area contributed by atoms with Crippen LogP contribution in [0.5, 0.6) is 5.75 Å². The van der Waals surface area contributed by atoms with Gasteiger partial charge in [0.1, 0.15) is 5.75 Å². The van der Waals surface area contributed by atoms with Crippen molar-refractivity contribution < 1.29 is 9.53 Å². The van der Waals surface area contributed by atoms with Crippen LogP contribution < -0.4 is 10.5 Å². The van der Waals surface area contributed by atoms with Gasteiger partial charge in [0.15, 0.2) is 0 Å². The van der Waals surface area contributed by atoms with Crippen molar-refractivity contribution in [3.05, 3.63) is 29.8 Å². The largest absolute Gasteiger partial charge is 0.410 e. The zero-order valence-corrected chi connectivity index (χ0v) is 8.70. The Morgan fingerprint density at radius 3 is 2.50 bits per heavy atom. The second-order valence-electron chi connectivity index (χ2n) is 4.20. The molecule has 3 heteroatoms. The van der Waals surface area contributed by atoms with Crippen molar-refractivity contribution in [3.8, 4) is 5.75 Å². The first-order chi connectivity index (χ1) is 6.39. The van der Waals surface area contributed by atoms with Crippen LogP contribution in [0.1, 0.15) is 26.3 Å². The van der Waals surface area contributed by atoms with Gasteiger partial charge in [-0.2, -0.15) is 0 Å². The highest BCUT2D eigenvalue weighted by atomic mass is 16.5. The molecule has 3 nitrogen and oxygen atoms in total. The lowest BCUT2D eigenvalue weighted by atomic mass is 9.87. The summed E-state index contributed by atoms with van der Waals surface area (Å²) in [6, 6.07) is 7.37. The van der Waals surface area contributed by atoms with Gasteiger partial charge in [-0.15, -0.1) is 0 Å². The second-order valence-corrected chi connectivity index (χ2v) is 4.20. The van der Waals surface area contributed by atoms with Crippen molar-refractivity contribution in [3.63, 3.8) is 0 Å². The van der Waals surface area contributed by atoms with Crippen molar-refractivity contribution in [1.29, 1.82) is 0 Å². The lowest BCUT2D eigenvalue weighted by molar-refractivity contribution is 0.211. The number of ether oxygens (including phenoxy) is 1. The van der Waals surface area contributed by atoms with Gasteiger partial charge >= 0.3 is 6.09 Å². The minimum atomic E-state index is -0.781. The molecule has 1 amide bonds. The van der Waals surface area contributed by atoms with Crippen LogP contribution in [0.25, 0.3) is 0 Å². The van der Waals surface area contributed by atoms with E-state index in [2.05, 4.69) is 20.8 Å². The van der Waals surface area contributed by atoms with E-state index in [1.165, 1.54) is 0 Å². The van der Waals surface area contributed by atoms with Crippen LogP contribution >= 0.6 is 0 Å². The predicted molar refractivity (Wildman–Crippen MR) is 55.4 cm³/mol. The van der Waals surface area contributed by atoms with E-state index in [-0.39, 0.29) is 5.41 Å². The normalized spacial score (nSPS) is 11.1. The summed E-state index contributed by atoms with van der Waals surface area (Å²) >= 11 is 0. The molecule has 0 radical (unpaired) electrons. The third-order valence-electron chi connectivity index (χ3n) is 1.92. The van der Waals surface area contributed by atoms with Crippen molar-refractivity contribution in [2.45, 2.75) is 26.2 Å². The van der Waals surface area contributed by atoms with Gasteiger partial charge in [0.05, 0.1) is 0 Å². The van der Waals surface area contributed by atoms with Crippen LogP contribution in [0.4, 0.5) is 4.79 Å². The molecular formula is C11H15NO2. The molecule has 0 unspecified atom stereocenters. The van der Waals surface area contributed by atoms with Crippen LogP contribution in [-0.4, -0.2) is 6.09 Å². The molecule has 0 aliphatic carbocycles. The maximum absolute atomic E-state index is 10.5. The Balaban J connectivity index is 2.95. The fourth-order valence-corrected chi connectivity index (χ4v) is 1.14. The Hall–Kier alpha value is -1.51. The molecule has 0 heterocycles. The number of hydrogen-bond acceptors (Lipinski definition) is 2. The lowest BCUT2D eigenvalue weighted by Gasteiger charge is -2.19. The van der Waals surface area contributed by atoms with Crippen molar-refractivity contribution in [2.75, 3.05) is 0 Å². The maximum atomic E-state index is 10.5. The fourth-order valence-electron chi connectivity index (χ4n) is 1.14. The van der Waals surface area contributed by atoms with Gasteiger partial charge in [-0.05, 0) is 23.1 Å². The minimum Gasteiger partial charge on any atom is -0.410 e. The van der Waals surface area contributed by atoms with Crippen LogP contribution in [0, 0.1) is 0 Å². The van der Waals surface area contributed by atoms with Crippen LogP contribution in [0.15, 0.2) is 24.3 Å². The predicted octanol–water partition coefficient (Wildman–Crippen LogP) is 2.44. The number of nitrogens with two attached hydrogens (primary N) is 1. The van der Waals surface area contributed by atoms with Crippen LogP contribution in [0.3, 0.4) is 0 Å². The van der Waals surface area contributed by atoms with E-state index in [4.69, 9.17) is 10.5 Å². The van der Waals surface area contributed by atoms with Crippen molar-refractivity contribution >= 4 is 6.09 Å². The van der Waals surface area contributed by atoms with Gasteiger partial charge in [0.2, 0.25) is 0 Å². The molecule has 0 aliphatic rings. The molecule has 0 atom stereocenters. The molecule has 1 rings (SSSR count). The van der Waals surface area contributed by atoms with E-state index < -0.39 is 6.09 Å². The van der Waals surface area contributed by atoms with Crippen LogP contribution in [-0.2, 0) is 5.41 Å². The summed E-state index contributed by atoms with van der Waals surface area (Å²) in [4.78, 5) is 10.5. The molecule has 0 aliphatic heterocycles. The van der Waals surface area contributed by atoms with Gasteiger partial charge < -0.3 is 10.5 Å². The summed E-state index contributed by atoms with van der Waals surface area (Å²) in [6.07, 6.45) is -0.781. The molecule has 76 valence electrons. The molecule has 0 bridgehead atoms. The minimum absolute atomic E-state index is 0.0387. The monoisotopic (exact) mass is 193 g/mol. The highest BCUT2D eigenvalue weighted by molar-refractivity contribution is 5.68. The third kappa shape index (κ3) is 2.76. The van der Waals surface area contributed by atoms with Gasteiger partial charge in [0.25, 0.3) is 0 Å². The lowest BCUT2D eigenvalue weighted by Crippen LogP contribution is -2.17. The smallest absolute Gasteiger partial charge is 0.409 e. The van der Waals surface area contributed by atoms with Crippen molar-refractivity contribution in [2.24, 2.45) is 5.73 Å². The molecule has 0 aromatic heterocycles. The van der Waals surface area contributed by atoms with E-state index >= 15 is 0 Å². The maximum Gasteiger partial charge on any atom is 0.409 e. The quantitative estimate of drug-likeness (QED) is 0.744. The average molecular weight is 193 g/mol. The summed E-state index contributed by atoms with van der Waals surface area (Å²) in [6.45, 7) is 6.28. The van der Waals surface area contributed by atoms with E-state index in [0.717, 1.165) is 5.56 Å². The standard InChI is InChI=1S/C11H15NO2/c1-11(2,3)8-5-4-6-9(7-8)14-10(12)13/h4-7H,1-3H3,(H2,12,13). The second kappa shape index (κ2) is 3.70. The van der Waals surface area contributed by atoms with Gasteiger partial charge in [-0.1, -0.05) is 32.9 Å². The Bertz CT molecular complexity index is 339. The topological polar surface area (TPSA) is 52.3 Å². The molecule has 0 fully saturated rings. The number of rotatable bonds is 1. The Labute approximate surface area is 83.9 Å². The van der Waals surface area contributed by atoms with Gasteiger partial charge in [0, 0.05) is 0 Å². The summed E-state index contributed by atoms with van der Waals surface area (Å²) in [5.74, 6) is 0.491. The highest BCUT2D eigenvalue weighted by Gasteiger charge is 2.14. The van der Waals surface area contributed by atoms with E-state index in [1.54, 1.807) is 6.07 Å². The molecule has 0 saturated carbocycles. The van der Waals surface area contributed by atoms with E-state index in [0.29, 0.717) is 5.75 Å². The number of hydrogen-bond donors (Lipinski definition) is 1. The SMILES string of the molecule is CC(C)(C)c1cccc(OC(N)=O)c1. The zero-order valence-electron chi connectivity index (χ0n) is 8.70. The van der Waals surface area contributed by atoms with E-state index in [1.807, 2.05) is 18.2 Å². The molecule has 1 aromatic carbocycles. The Morgan fingerprint density at radius 1 is 1.36 bits per heavy atom. The highest BCUT2D eigenvalue weighted by Crippen LogP contribution is 2.25. The zero-order chi connectivity index (χ0) is 10.8. The molecule has 14 heavy (non-hydrogen) atoms. The summed E-state index contributed by atoms with van der Waals surface area (Å²) in [7, 11) is 0. The van der Waals surface area contributed by atoms with E-state index in [9.17, 15) is 4.79 Å². The van der Waals surface area contributed by atoms with Gasteiger partial charge in [-0.3, -0.25) is 0 Å². The number of benzene rings is 1. The first kappa shape index (κ1) is 10.6. The first-order valence-electron chi connectivity index (χ1n) is 4.47. The fraction of sp³-hybridized carbons (Fsp3) is 0.364. The summed E-state index contributed by atoms with van der Waals surface area (Å²) in [5.41, 5.74) is 6.07. The third-order valence-corrected chi connectivity index (χ3v) is 1.92. The van der Waals surface area contributed by atoms with Crippen molar-refractivity contribution in [1.82, 2.24) is 0 Å². The number of carbonyl (C=O) groups is 1. The molecule has 1 aromatic rings. The summed E-state index contributed by atoms with van der Waals surface area (Å²) < 4.78 is 4.79. The van der Waals surface area contributed by atoms with Gasteiger partial charge in [-0.25, -0.2) is 4.79 Å². The van der Waals surface area contributed by atoms with Crippen LogP contribution in [0.2, 0.25) is 0 Å². The Morgan fingerprint density at radius 2 is 2.00 bits per heavy atom. The number of carbonyl (C=O) groups excluding carboxylic acids is 1. The molecule has 0 spiro atoms. The summed E-state index contributed by atoms with van der Waals surface area (Å²) in [5, 5.41) is 0. The number of amides is 1. The number of primary amides is 1. The molecular weight excluding hydrogens is 178 g/mol. The first-order valence-corrected chi connectivity index (χ1v) is 4.47. The average Bonchev–Trinajstić information content (AvgIpc) is 2.01.